The van der Waals surface area contributed by atoms with E-state index in [4.69, 9.17) is 0 Å². The molecule has 1 aliphatic heterocycles. The maximum atomic E-state index is 12.2. The fourth-order valence-corrected chi connectivity index (χ4v) is 5.56. The first-order chi connectivity index (χ1) is 9.97. The smallest absolute Gasteiger partial charge is 0.178 e. The van der Waals surface area contributed by atoms with Gasteiger partial charge in [-0.15, -0.1) is 0 Å². The molecule has 4 heteroatoms. The molecule has 4 atom stereocenters. The topological polar surface area (TPSA) is 46.2 Å². The Hall–Kier alpha value is -0.870. The second-order valence-electron chi connectivity index (χ2n) is 6.87. The fraction of sp³-hybridized carbons (Fsp3) is 0.647. The van der Waals surface area contributed by atoms with E-state index in [0.29, 0.717) is 23.3 Å². The van der Waals surface area contributed by atoms with Crippen LogP contribution in [-0.4, -0.2) is 20.2 Å². The Morgan fingerprint density at radius 2 is 1.86 bits per heavy atom. The largest absolute Gasteiger partial charge is 0.307 e. The van der Waals surface area contributed by atoms with Gasteiger partial charge < -0.3 is 5.32 Å². The molecular weight excluding hydrogens is 282 g/mol. The van der Waals surface area contributed by atoms with Crippen LogP contribution in [0.1, 0.15) is 51.1 Å². The lowest BCUT2D eigenvalue weighted by atomic mass is 9.79. The second-order valence-corrected chi connectivity index (χ2v) is 8.94. The van der Waals surface area contributed by atoms with E-state index in [0.717, 1.165) is 11.5 Å². The molecule has 3 rings (SSSR count). The fourth-order valence-electron chi connectivity index (χ4n) is 3.93. The summed E-state index contributed by atoms with van der Waals surface area (Å²) in [6.45, 7) is 4.65. The highest BCUT2D eigenvalue weighted by Gasteiger charge is 2.33. The maximum Gasteiger partial charge on any atom is 0.178 e. The van der Waals surface area contributed by atoms with E-state index in [1.165, 1.54) is 19.3 Å². The highest BCUT2D eigenvalue weighted by Crippen LogP contribution is 2.35. The Bertz CT molecular complexity index is 611. The van der Waals surface area contributed by atoms with Gasteiger partial charge in [0.25, 0.3) is 0 Å². The van der Waals surface area contributed by atoms with Crippen LogP contribution in [0.25, 0.3) is 0 Å². The molecule has 1 aliphatic carbocycles. The van der Waals surface area contributed by atoms with Crippen molar-refractivity contribution in [2.24, 2.45) is 11.8 Å². The Balaban J connectivity index is 1.81. The summed E-state index contributed by atoms with van der Waals surface area (Å²) in [5.74, 6) is 1.75. The Morgan fingerprint density at radius 1 is 1.10 bits per heavy atom. The Kier molecular flexibility index (Phi) is 4.10. The van der Waals surface area contributed by atoms with Crippen LogP contribution in [0.5, 0.6) is 0 Å². The van der Waals surface area contributed by atoms with Crippen LogP contribution in [0.15, 0.2) is 29.2 Å². The van der Waals surface area contributed by atoms with Crippen LogP contribution in [0.3, 0.4) is 0 Å². The standard InChI is InChI=1S/C17H25NO2S/c1-12-7-8-15(13(2)11-12)18-16-9-10-21(19,20)17-6-4-3-5-14(16)17/h3-6,12-13,15-16,18H,7-11H2,1-2H3. The van der Waals surface area contributed by atoms with Gasteiger partial charge in [-0.25, -0.2) is 8.42 Å². The first-order valence-corrected chi connectivity index (χ1v) is 9.70. The minimum absolute atomic E-state index is 0.186. The quantitative estimate of drug-likeness (QED) is 0.911. The third kappa shape index (κ3) is 3.02. The monoisotopic (exact) mass is 307 g/mol. The third-order valence-corrected chi connectivity index (χ3v) is 6.97. The van der Waals surface area contributed by atoms with Gasteiger partial charge in [0.15, 0.2) is 9.84 Å². The highest BCUT2D eigenvalue weighted by molar-refractivity contribution is 7.91. The summed E-state index contributed by atoms with van der Waals surface area (Å²) in [5, 5.41) is 3.76. The molecule has 1 aromatic rings. The Labute approximate surface area is 128 Å². The molecule has 0 spiro atoms. The van der Waals surface area contributed by atoms with E-state index in [1.54, 1.807) is 6.07 Å². The maximum absolute atomic E-state index is 12.2. The van der Waals surface area contributed by atoms with Crippen molar-refractivity contribution in [3.8, 4) is 0 Å². The molecule has 3 nitrogen and oxygen atoms in total. The van der Waals surface area contributed by atoms with Gasteiger partial charge in [0.2, 0.25) is 0 Å². The van der Waals surface area contributed by atoms with Crippen molar-refractivity contribution in [1.29, 1.82) is 0 Å². The molecule has 1 heterocycles. The van der Waals surface area contributed by atoms with Crippen molar-refractivity contribution in [1.82, 2.24) is 5.32 Å². The van der Waals surface area contributed by atoms with Gasteiger partial charge in [0.05, 0.1) is 10.6 Å². The van der Waals surface area contributed by atoms with Gasteiger partial charge in [-0.2, -0.15) is 0 Å². The molecule has 21 heavy (non-hydrogen) atoms. The molecule has 1 aromatic carbocycles. The number of fused-ring (bicyclic) bond motifs is 1. The van der Waals surface area contributed by atoms with Crippen molar-refractivity contribution >= 4 is 9.84 Å². The van der Waals surface area contributed by atoms with Crippen molar-refractivity contribution in [2.75, 3.05) is 5.75 Å². The van der Waals surface area contributed by atoms with Gasteiger partial charge in [-0.1, -0.05) is 32.0 Å². The van der Waals surface area contributed by atoms with E-state index in [1.807, 2.05) is 18.2 Å². The number of nitrogens with one attached hydrogen (secondary N) is 1. The predicted octanol–water partition coefficient (Wildman–Crippen LogP) is 3.32. The van der Waals surface area contributed by atoms with Gasteiger partial charge in [-0.05, 0) is 49.1 Å². The van der Waals surface area contributed by atoms with E-state index in [2.05, 4.69) is 19.2 Å². The van der Waals surface area contributed by atoms with Crippen molar-refractivity contribution < 1.29 is 8.42 Å². The third-order valence-electron chi connectivity index (χ3n) is 5.15. The first kappa shape index (κ1) is 15.0. The minimum atomic E-state index is -3.08. The van der Waals surface area contributed by atoms with Gasteiger partial charge >= 0.3 is 0 Å². The summed E-state index contributed by atoms with van der Waals surface area (Å²) in [5.41, 5.74) is 0.967. The lowest BCUT2D eigenvalue weighted by Gasteiger charge is -2.37. The number of hydrogen-bond donors (Lipinski definition) is 1. The van der Waals surface area contributed by atoms with Crippen LogP contribution in [0.4, 0.5) is 0 Å². The predicted molar refractivity (Wildman–Crippen MR) is 85.0 cm³/mol. The zero-order chi connectivity index (χ0) is 15.0. The molecule has 0 radical (unpaired) electrons. The summed E-state index contributed by atoms with van der Waals surface area (Å²) in [6.07, 6.45) is 4.44. The molecular formula is C17H25NO2S. The average molecular weight is 307 g/mol. The van der Waals surface area contributed by atoms with Crippen LogP contribution in [0, 0.1) is 11.8 Å². The summed E-state index contributed by atoms with van der Waals surface area (Å²) >= 11 is 0. The lowest BCUT2D eigenvalue weighted by molar-refractivity contribution is 0.211. The summed E-state index contributed by atoms with van der Waals surface area (Å²) in [7, 11) is -3.08. The molecule has 0 aromatic heterocycles. The minimum Gasteiger partial charge on any atom is -0.307 e. The van der Waals surface area contributed by atoms with Gasteiger partial charge in [0, 0.05) is 12.1 Å². The zero-order valence-corrected chi connectivity index (χ0v) is 13.7. The van der Waals surface area contributed by atoms with E-state index in [-0.39, 0.29) is 11.8 Å². The molecule has 0 amide bonds. The molecule has 1 saturated carbocycles. The van der Waals surface area contributed by atoms with Crippen LogP contribution in [-0.2, 0) is 9.84 Å². The first-order valence-electron chi connectivity index (χ1n) is 8.05. The zero-order valence-electron chi connectivity index (χ0n) is 12.9. The second kappa shape index (κ2) is 5.73. The number of hydrogen-bond acceptors (Lipinski definition) is 3. The molecule has 0 saturated heterocycles. The molecule has 0 bridgehead atoms. The van der Waals surface area contributed by atoms with E-state index < -0.39 is 9.84 Å². The molecule has 116 valence electrons. The van der Waals surface area contributed by atoms with Crippen LogP contribution in [0.2, 0.25) is 0 Å². The summed E-state index contributed by atoms with van der Waals surface area (Å²) < 4.78 is 24.4. The van der Waals surface area contributed by atoms with Crippen LogP contribution >= 0.6 is 0 Å². The Morgan fingerprint density at radius 3 is 2.62 bits per heavy atom. The van der Waals surface area contributed by atoms with Gasteiger partial charge in [-0.3, -0.25) is 0 Å². The van der Waals surface area contributed by atoms with E-state index >= 15 is 0 Å². The average Bonchev–Trinajstić information content (AvgIpc) is 2.45. The molecule has 4 unspecified atom stereocenters. The van der Waals surface area contributed by atoms with E-state index in [9.17, 15) is 8.42 Å². The molecule has 2 aliphatic rings. The van der Waals surface area contributed by atoms with Crippen molar-refractivity contribution in [3.05, 3.63) is 29.8 Å². The normalized spacial score (nSPS) is 35.1. The SMILES string of the molecule is CC1CCC(NC2CCS(=O)(=O)c3ccccc32)C(C)C1. The number of sulfone groups is 1. The molecule has 1 fully saturated rings. The summed E-state index contributed by atoms with van der Waals surface area (Å²) in [4.78, 5) is 0.533. The number of benzene rings is 1. The number of rotatable bonds is 2. The highest BCUT2D eigenvalue weighted by atomic mass is 32.2. The van der Waals surface area contributed by atoms with Crippen molar-refractivity contribution in [2.45, 2.75) is 56.5 Å². The van der Waals surface area contributed by atoms with Crippen LogP contribution < -0.4 is 5.32 Å². The summed E-state index contributed by atoms with van der Waals surface area (Å²) in [6, 6.07) is 8.19. The van der Waals surface area contributed by atoms with Gasteiger partial charge in [0.1, 0.15) is 0 Å². The molecule has 1 N–H and O–H groups in total. The van der Waals surface area contributed by atoms with Crippen molar-refractivity contribution in [3.63, 3.8) is 0 Å². The lowest BCUT2D eigenvalue weighted by Crippen LogP contribution is -2.42.